The molecule has 8 N–H and O–H groups in total. The number of rotatable bonds is 14. The lowest BCUT2D eigenvalue weighted by molar-refractivity contribution is -0.140. The van der Waals surface area contributed by atoms with Crippen LogP contribution in [0.2, 0.25) is 0 Å². The van der Waals surface area contributed by atoms with Crippen LogP contribution in [0.25, 0.3) is 0 Å². The largest absolute Gasteiger partial charge is 0.419 e. The van der Waals surface area contributed by atoms with E-state index in [0.29, 0.717) is 18.6 Å². The Morgan fingerprint density at radius 3 is 2.15 bits per heavy atom. The van der Waals surface area contributed by atoms with Gasteiger partial charge in [-0.25, -0.2) is 4.39 Å². The van der Waals surface area contributed by atoms with Crippen LogP contribution in [0.15, 0.2) is 48.5 Å². The molecule has 0 aliphatic rings. The molecule has 9 nitrogen and oxygen atoms in total. The molecule has 214 valence electrons. The maximum absolute atomic E-state index is 13.6. The Bertz CT molecular complexity index is 1090. The summed E-state index contributed by atoms with van der Waals surface area (Å²) < 4.78 is 52.7. The van der Waals surface area contributed by atoms with E-state index in [9.17, 15) is 31.9 Å². The van der Waals surface area contributed by atoms with E-state index in [1.54, 1.807) is 0 Å². The van der Waals surface area contributed by atoms with Crippen LogP contribution in [0, 0.1) is 5.82 Å². The number of aryl methyl sites for hydroxylation is 1. The number of amides is 3. The number of alkyl halides is 3. The normalized spacial score (nSPS) is 12.9. The van der Waals surface area contributed by atoms with E-state index in [1.165, 1.54) is 4.90 Å². The van der Waals surface area contributed by atoms with Crippen molar-refractivity contribution in [3.8, 4) is 0 Å². The average molecular weight is 555 g/mol. The molecule has 0 radical (unpaired) electrons. The Morgan fingerprint density at radius 2 is 1.56 bits per heavy atom. The number of hydrogen-bond acceptors (Lipinski definition) is 6. The van der Waals surface area contributed by atoms with Crippen LogP contribution in [0.4, 0.5) is 17.6 Å². The fourth-order valence-electron chi connectivity index (χ4n) is 3.80. The molecule has 13 heteroatoms. The molecule has 0 aromatic heterocycles. The summed E-state index contributed by atoms with van der Waals surface area (Å²) in [6, 6.07) is 9.15. The maximum atomic E-state index is 13.6. The van der Waals surface area contributed by atoms with E-state index < -0.39 is 47.4 Å². The Balaban J connectivity index is 2.10. The lowest BCUT2D eigenvalue weighted by Crippen LogP contribution is -2.53. The van der Waals surface area contributed by atoms with E-state index in [-0.39, 0.29) is 51.1 Å². The van der Waals surface area contributed by atoms with Crippen molar-refractivity contribution < 1.29 is 31.9 Å². The monoisotopic (exact) mass is 554 g/mol. The number of nitrogens with two attached hydrogens (primary N) is 3. The molecule has 0 saturated heterocycles. The first-order valence-electron chi connectivity index (χ1n) is 12.4. The predicted molar refractivity (Wildman–Crippen MR) is 137 cm³/mol. The first-order valence-corrected chi connectivity index (χ1v) is 12.4. The molecule has 2 rings (SSSR count). The Labute approximate surface area is 224 Å². The van der Waals surface area contributed by atoms with E-state index in [0.717, 1.165) is 11.6 Å². The molecule has 0 unspecified atom stereocenters. The van der Waals surface area contributed by atoms with Gasteiger partial charge in [0.05, 0.1) is 18.0 Å². The Morgan fingerprint density at radius 1 is 0.923 bits per heavy atom. The molecular weight excluding hydrogens is 520 g/mol. The van der Waals surface area contributed by atoms with Gasteiger partial charge in [0.1, 0.15) is 11.9 Å². The summed E-state index contributed by atoms with van der Waals surface area (Å²) in [7, 11) is 0. The second-order valence-corrected chi connectivity index (χ2v) is 8.88. The summed E-state index contributed by atoms with van der Waals surface area (Å²) in [6.45, 7) is 0.552. The van der Waals surface area contributed by atoms with Crippen molar-refractivity contribution in [3.63, 3.8) is 0 Å². The maximum Gasteiger partial charge on any atom is 0.419 e. The van der Waals surface area contributed by atoms with E-state index in [4.69, 9.17) is 17.2 Å². The predicted octanol–water partition coefficient (Wildman–Crippen LogP) is 1.04. The van der Waals surface area contributed by atoms with Crippen LogP contribution in [-0.4, -0.2) is 60.9 Å². The van der Waals surface area contributed by atoms with Crippen LogP contribution >= 0.6 is 0 Å². The standard InChI is InChI=1S/C26H34F4N6O3/c27-20-8-6-18(14-19(20)26(28,29)30)16-34-25(39)22(9-7-17-4-2-1-3-5-17)35-24(38)21(33)15-23(37)36(12-10-31)13-11-32/h1-6,8,14,21-22H,7,9-13,15-16,31-33H2,(H,34,39)(H,35,38)/t21-,22+/m0/s1. The van der Waals surface area contributed by atoms with Crippen LogP contribution < -0.4 is 27.8 Å². The number of carbonyl (C=O) groups is 3. The van der Waals surface area contributed by atoms with E-state index >= 15 is 0 Å². The zero-order valence-corrected chi connectivity index (χ0v) is 21.3. The van der Waals surface area contributed by atoms with E-state index in [1.807, 2.05) is 30.3 Å². The highest BCUT2D eigenvalue weighted by Gasteiger charge is 2.34. The first-order chi connectivity index (χ1) is 18.5. The molecule has 0 aliphatic heterocycles. The molecule has 0 heterocycles. The number of carbonyl (C=O) groups excluding carboxylic acids is 3. The van der Waals surface area contributed by atoms with Crippen molar-refractivity contribution in [2.24, 2.45) is 17.2 Å². The van der Waals surface area contributed by atoms with Gasteiger partial charge >= 0.3 is 6.18 Å². The third-order valence-corrected chi connectivity index (χ3v) is 5.88. The van der Waals surface area contributed by atoms with Gasteiger partial charge in [-0.2, -0.15) is 13.2 Å². The molecule has 0 bridgehead atoms. The highest BCUT2D eigenvalue weighted by Crippen LogP contribution is 2.31. The van der Waals surface area contributed by atoms with Crippen LogP contribution in [0.1, 0.15) is 29.5 Å². The summed E-state index contributed by atoms with van der Waals surface area (Å²) >= 11 is 0. The highest BCUT2D eigenvalue weighted by molar-refractivity contribution is 5.92. The molecule has 2 aromatic carbocycles. The summed E-state index contributed by atoms with van der Waals surface area (Å²) in [4.78, 5) is 39.7. The molecule has 2 aromatic rings. The van der Waals surface area contributed by atoms with Crippen LogP contribution in [-0.2, 0) is 33.5 Å². The first kappa shape index (κ1) is 31.7. The van der Waals surface area contributed by atoms with Crippen molar-refractivity contribution in [3.05, 3.63) is 71.0 Å². The topological polar surface area (TPSA) is 157 Å². The fourth-order valence-corrected chi connectivity index (χ4v) is 3.80. The molecular formula is C26H34F4N6O3. The van der Waals surface area contributed by atoms with Crippen LogP contribution in [0.5, 0.6) is 0 Å². The summed E-state index contributed by atoms with van der Waals surface area (Å²) in [5.41, 5.74) is 16.4. The SMILES string of the molecule is NCCN(CCN)C(=O)C[C@H](N)C(=O)N[C@H](CCc1ccccc1)C(=O)NCc1ccc(F)c(C(F)(F)F)c1. The van der Waals surface area contributed by atoms with Crippen molar-refractivity contribution >= 4 is 17.7 Å². The van der Waals surface area contributed by atoms with Gasteiger partial charge in [0.2, 0.25) is 17.7 Å². The van der Waals surface area contributed by atoms with Gasteiger partial charge in [-0.1, -0.05) is 36.4 Å². The van der Waals surface area contributed by atoms with Gasteiger partial charge in [0.25, 0.3) is 0 Å². The molecule has 2 atom stereocenters. The van der Waals surface area contributed by atoms with Crippen LogP contribution in [0.3, 0.4) is 0 Å². The average Bonchev–Trinajstić information content (AvgIpc) is 2.89. The smallest absolute Gasteiger partial charge is 0.350 e. The minimum Gasteiger partial charge on any atom is -0.350 e. The van der Waals surface area contributed by atoms with Gasteiger partial charge in [-0.05, 0) is 36.1 Å². The van der Waals surface area contributed by atoms with Crippen molar-refractivity contribution in [1.82, 2.24) is 15.5 Å². The molecule has 0 fully saturated rings. The third-order valence-electron chi connectivity index (χ3n) is 5.88. The third kappa shape index (κ3) is 10.3. The molecule has 3 amide bonds. The molecule has 0 saturated carbocycles. The van der Waals surface area contributed by atoms with Gasteiger partial charge in [0.15, 0.2) is 0 Å². The summed E-state index contributed by atoms with van der Waals surface area (Å²) in [5, 5.41) is 5.02. The molecule has 0 spiro atoms. The number of hydrogen-bond donors (Lipinski definition) is 5. The number of nitrogens with one attached hydrogen (secondary N) is 2. The van der Waals surface area contributed by atoms with Gasteiger partial charge < -0.3 is 32.7 Å². The summed E-state index contributed by atoms with van der Waals surface area (Å²) in [6.07, 6.45) is -4.70. The van der Waals surface area contributed by atoms with Gasteiger partial charge in [0, 0.05) is 32.7 Å². The quantitative estimate of drug-likeness (QED) is 0.220. The second kappa shape index (κ2) is 15.1. The number of halogens is 4. The van der Waals surface area contributed by atoms with Crippen molar-refractivity contribution in [2.75, 3.05) is 26.2 Å². The Kier molecular flexibility index (Phi) is 12.3. The highest BCUT2D eigenvalue weighted by atomic mass is 19.4. The number of nitrogens with zero attached hydrogens (tertiary/aromatic N) is 1. The summed E-state index contributed by atoms with van der Waals surface area (Å²) in [5.74, 6) is -3.28. The molecule has 39 heavy (non-hydrogen) atoms. The van der Waals surface area contributed by atoms with Gasteiger partial charge in [-0.15, -0.1) is 0 Å². The lowest BCUT2D eigenvalue weighted by Gasteiger charge is -2.24. The van der Waals surface area contributed by atoms with Crippen molar-refractivity contribution in [1.29, 1.82) is 0 Å². The second-order valence-electron chi connectivity index (χ2n) is 8.88. The number of benzene rings is 2. The minimum absolute atomic E-state index is 0.0207. The van der Waals surface area contributed by atoms with Crippen molar-refractivity contribution in [2.45, 2.75) is 44.1 Å². The lowest BCUT2D eigenvalue weighted by atomic mass is 10.0. The minimum atomic E-state index is -4.90. The fraction of sp³-hybridized carbons (Fsp3) is 0.423. The zero-order valence-electron chi connectivity index (χ0n) is 21.3. The zero-order chi connectivity index (χ0) is 29.0. The Hall–Kier alpha value is -3.55. The van der Waals surface area contributed by atoms with E-state index in [2.05, 4.69) is 10.6 Å². The van der Waals surface area contributed by atoms with Gasteiger partial charge in [-0.3, -0.25) is 14.4 Å². The molecule has 0 aliphatic carbocycles.